The highest BCUT2D eigenvalue weighted by atomic mass is 16.6. The summed E-state index contributed by atoms with van der Waals surface area (Å²) in [5.74, 6) is -0.148. The predicted octanol–water partition coefficient (Wildman–Crippen LogP) is 1.08. The van der Waals surface area contributed by atoms with Crippen LogP contribution in [0.1, 0.15) is 37.6 Å². The zero-order chi connectivity index (χ0) is 16.0. The van der Waals surface area contributed by atoms with Crippen molar-refractivity contribution >= 4 is 11.6 Å². The van der Waals surface area contributed by atoms with E-state index in [1.54, 1.807) is 13.8 Å². The highest BCUT2D eigenvalue weighted by Crippen LogP contribution is 2.21. The first-order valence-corrected chi connectivity index (χ1v) is 6.99. The van der Waals surface area contributed by atoms with E-state index in [2.05, 4.69) is 10.4 Å². The standard InChI is InChI=1S/C13H22N4O4/c1-4-11(6-8-18)14-12(19)5-7-16-10(3)13(17(20)21)9(2)15-16/h11,18H,4-8H2,1-3H3,(H,14,19). The molecular weight excluding hydrogens is 276 g/mol. The highest BCUT2D eigenvalue weighted by Gasteiger charge is 2.22. The molecule has 0 radical (unpaired) electrons. The van der Waals surface area contributed by atoms with Gasteiger partial charge in [-0.15, -0.1) is 0 Å². The number of aromatic nitrogens is 2. The van der Waals surface area contributed by atoms with E-state index in [1.807, 2.05) is 6.92 Å². The molecule has 1 amide bonds. The van der Waals surface area contributed by atoms with Gasteiger partial charge in [0, 0.05) is 19.1 Å². The van der Waals surface area contributed by atoms with Gasteiger partial charge in [0.2, 0.25) is 5.91 Å². The molecule has 0 aromatic carbocycles. The Morgan fingerprint density at radius 2 is 2.19 bits per heavy atom. The number of rotatable bonds is 8. The molecule has 1 rings (SSSR count). The summed E-state index contributed by atoms with van der Waals surface area (Å²) in [6.45, 7) is 5.46. The van der Waals surface area contributed by atoms with Gasteiger partial charge in [-0.3, -0.25) is 19.6 Å². The number of hydrogen-bond donors (Lipinski definition) is 2. The van der Waals surface area contributed by atoms with E-state index in [0.29, 0.717) is 24.4 Å². The van der Waals surface area contributed by atoms with Crippen molar-refractivity contribution in [2.75, 3.05) is 6.61 Å². The van der Waals surface area contributed by atoms with Crippen molar-refractivity contribution in [2.45, 2.75) is 52.6 Å². The van der Waals surface area contributed by atoms with Crippen LogP contribution in [-0.2, 0) is 11.3 Å². The zero-order valence-corrected chi connectivity index (χ0v) is 12.6. The molecule has 0 spiro atoms. The van der Waals surface area contributed by atoms with Gasteiger partial charge >= 0.3 is 5.69 Å². The molecule has 1 aromatic heterocycles. The first kappa shape index (κ1) is 17.1. The average molecular weight is 298 g/mol. The summed E-state index contributed by atoms with van der Waals surface area (Å²) >= 11 is 0. The van der Waals surface area contributed by atoms with Gasteiger partial charge in [-0.25, -0.2) is 0 Å². The van der Waals surface area contributed by atoms with Gasteiger partial charge < -0.3 is 10.4 Å². The molecule has 21 heavy (non-hydrogen) atoms. The van der Waals surface area contributed by atoms with E-state index in [9.17, 15) is 14.9 Å². The van der Waals surface area contributed by atoms with Gasteiger partial charge in [0.1, 0.15) is 11.4 Å². The normalized spacial score (nSPS) is 12.2. The van der Waals surface area contributed by atoms with Gasteiger partial charge in [0.05, 0.1) is 11.5 Å². The Morgan fingerprint density at radius 3 is 2.67 bits per heavy atom. The van der Waals surface area contributed by atoms with Crippen molar-refractivity contribution in [1.82, 2.24) is 15.1 Å². The molecule has 8 nitrogen and oxygen atoms in total. The van der Waals surface area contributed by atoms with Crippen molar-refractivity contribution < 1.29 is 14.8 Å². The molecule has 8 heteroatoms. The molecule has 0 fully saturated rings. The summed E-state index contributed by atoms with van der Waals surface area (Å²) in [6, 6.07) is -0.0442. The number of aryl methyl sites for hydroxylation is 2. The minimum Gasteiger partial charge on any atom is -0.396 e. The Morgan fingerprint density at radius 1 is 1.52 bits per heavy atom. The Kier molecular flexibility index (Phi) is 6.29. The number of carbonyl (C=O) groups excluding carboxylic acids is 1. The molecule has 2 N–H and O–H groups in total. The first-order chi connectivity index (χ1) is 9.90. The van der Waals surface area contributed by atoms with E-state index in [-0.39, 0.29) is 30.7 Å². The minimum atomic E-state index is -0.456. The third-order valence-electron chi connectivity index (χ3n) is 3.41. The predicted molar refractivity (Wildman–Crippen MR) is 76.9 cm³/mol. The SMILES string of the molecule is CCC(CCO)NC(=O)CCn1nc(C)c([N+](=O)[O-])c1C. The second-order valence-electron chi connectivity index (χ2n) is 4.93. The number of carbonyl (C=O) groups is 1. The van der Waals surface area contributed by atoms with E-state index >= 15 is 0 Å². The van der Waals surface area contributed by atoms with E-state index in [0.717, 1.165) is 6.42 Å². The lowest BCUT2D eigenvalue weighted by atomic mass is 10.1. The number of hydrogen-bond acceptors (Lipinski definition) is 5. The maximum absolute atomic E-state index is 11.8. The van der Waals surface area contributed by atoms with Crippen LogP contribution in [0.25, 0.3) is 0 Å². The Balaban J connectivity index is 2.61. The van der Waals surface area contributed by atoms with Crippen LogP contribution in [0.2, 0.25) is 0 Å². The number of aliphatic hydroxyl groups is 1. The van der Waals surface area contributed by atoms with Crippen molar-refractivity contribution in [3.63, 3.8) is 0 Å². The molecule has 0 bridgehead atoms. The summed E-state index contributed by atoms with van der Waals surface area (Å²) in [5.41, 5.74) is 0.805. The van der Waals surface area contributed by atoms with Crippen LogP contribution in [0.3, 0.4) is 0 Å². The zero-order valence-electron chi connectivity index (χ0n) is 12.6. The summed E-state index contributed by atoms with van der Waals surface area (Å²) in [7, 11) is 0. The van der Waals surface area contributed by atoms with Crippen molar-refractivity contribution in [2.24, 2.45) is 0 Å². The Hall–Kier alpha value is -1.96. The average Bonchev–Trinajstić information content (AvgIpc) is 2.70. The molecule has 0 saturated heterocycles. The van der Waals surface area contributed by atoms with Crippen molar-refractivity contribution in [1.29, 1.82) is 0 Å². The summed E-state index contributed by atoms with van der Waals surface area (Å²) in [5, 5.41) is 26.7. The molecule has 0 aliphatic heterocycles. The number of nitrogens with zero attached hydrogens (tertiary/aromatic N) is 3. The minimum absolute atomic E-state index is 0.00197. The second-order valence-corrected chi connectivity index (χ2v) is 4.93. The molecule has 1 unspecified atom stereocenters. The lowest BCUT2D eigenvalue weighted by Gasteiger charge is -2.15. The van der Waals surface area contributed by atoms with E-state index in [1.165, 1.54) is 4.68 Å². The van der Waals surface area contributed by atoms with Crippen LogP contribution in [-0.4, -0.2) is 38.4 Å². The molecule has 1 aromatic rings. The number of aliphatic hydroxyl groups excluding tert-OH is 1. The first-order valence-electron chi connectivity index (χ1n) is 6.99. The molecular formula is C13H22N4O4. The fourth-order valence-corrected chi connectivity index (χ4v) is 2.21. The van der Waals surface area contributed by atoms with Crippen molar-refractivity contribution in [3.05, 3.63) is 21.5 Å². The van der Waals surface area contributed by atoms with Crippen LogP contribution < -0.4 is 5.32 Å². The largest absolute Gasteiger partial charge is 0.396 e. The van der Waals surface area contributed by atoms with Crippen LogP contribution in [0.4, 0.5) is 5.69 Å². The van der Waals surface area contributed by atoms with E-state index < -0.39 is 4.92 Å². The number of nitrogens with one attached hydrogen (secondary N) is 1. The molecule has 118 valence electrons. The lowest BCUT2D eigenvalue weighted by molar-refractivity contribution is -0.386. The molecule has 0 aliphatic rings. The number of nitro groups is 1. The van der Waals surface area contributed by atoms with E-state index in [4.69, 9.17) is 5.11 Å². The van der Waals surface area contributed by atoms with Gasteiger partial charge in [-0.2, -0.15) is 5.10 Å². The lowest BCUT2D eigenvalue weighted by Crippen LogP contribution is -2.35. The number of amides is 1. The van der Waals surface area contributed by atoms with Crippen LogP contribution >= 0.6 is 0 Å². The van der Waals surface area contributed by atoms with Gasteiger partial charge in [-0.05, 0) is 26.7 Å². The summed E-state index contributed by atoms with van der Waals surface area (Å²) < 4.78 is 1.49. The second kappa shape index (κ2) is 7.72. The maximum Gasteiger partial charge on any atom is 0.312 e. The Bertz CT molecular complexity index is 513. The van der Waals surface area contributed by atoms with Gasteiger partial charge in [0.15, 0.2) is 0 Å². The third-order valence-corrected chi connectivity index (χ3v) is 3.41. The monoisotopic (exact) mass is 298 g/mol. The van der Waals surface area contributed by atoms with Gasteiger partial charge in [0.25, 0.3) is 0 Å². The summed E-state index contributed by atoms with van der Waals surface area (Å²) in [4.78, 5) is 22.3. The van der Waals surface area contributed by atoms with Gasteiger partial charge in [-0.1, -0.05) is 6.92 Å². The molecule has 0 aliphatic carbocycles. The fraction of sp³-hybridized carbons (Fsp3) is 0.692. The summed E-state index contributed by atoms with van der Waals surface area (Å²) in [6.07, 6.45) is 1.46. The molecule has 1 atom stereocenters. The smallest absolute Gasteiger partial charge is 0.312 e. The fourth-order valence-electron chi connectivity index (χ4n) is 2.21. The van der Waals surface area contributed by atoms with Crippen LogP contribution in [0.15, 0.2) is 0 Å². The third kappa shape index (κ3) is 4.52. The van der Waals surface area contributed by atoms with Crippen molar-refractivity contribution in [3.8, 4) is 0 Å². The highest BCUT2D eigenvalue weighted by molar-refractivity contribution is 5.76. The maximum atomic E-state index is 11.8. The van der Waals surface area contributed by atoms with Crippen LogP contribution in [0, 0.1) is 24.0 Å². The Labute approximate surface area is 123 Å². The molecule has 0 saturated carbocycles. The topological polar surface area (TPSA) is 110 Å². The molecule has 1 heterocycles. The van der Waals surface area contributed by atoms with Crippen LogP contribution in [0.5, 0.6) is 0 Å². The quantitative estimate of drug-likeness (QED) is 0.551.